The second-order valence-electron chi connectivity index (χ2n) is 2.67. The molecule has 1 unspecified atom stereocenters. The van der Waals surface area contributed by atoms with Crippen molar-refractivity contribution in [2.24, 2.45) is 15.7 Å². The van der Waals surface area contributed by atoms with Crippen LogP contribution in [0, 0.1) is 0 Å². The molecular weight excluding hydrogens is 182 g/mol. The largest absolute Gasteiger partial charge is 0.310 e. The minimum Gasteiger partial charge on any atom is -0.310 e. The van der Waals surface area contributed by atoms with Gasteiger partial charge in [-0.2, -0.15) is 0 Å². The van der Waals surface area contributed by atoms with E-state index in [1.807, 2.05) is 12.3 Å². The Balaban J connectivity index is 2.62. The monoisotopic (exact) mass is 195 g/mol. The molecule has 0 aromatic heterocycles. The predicted molar refractivity (Wildman–Crippen MR) is 60.3 cm³/mol. The Morgan fingerprint density at radius 3 is 3.15 bits per heavy atom. The number of nitrogens with two attached hydrogens (primary N) is 1. The molecule has 0 bridgehead atoms. The second-order valence-corrected chi connectivity index (χ2v) is 3.53. The van der Waals surface area contributed by atoms with Gasteiger partial charge in [0.2, 0.25) is 0 Å². The predicted octanol–water partition coefficient (Wildman–Crippen LogP) is 1.58. The minimum atomic E-state index is -0.186. The lowest BCUT2D eigenvalue weighted by Crippen LogP contribution is -2.11. The van der Waals surface area contributed by atoms with Crippen molar-refractivity contribution in [2.75, 3.05) is 5.75 Å². The highest BCUT2D eigenvalue weighted by atomic mass is 32.2. The maximum absolute atomic E-state index is 5.44. The van der Waals surface area contributed by atoms with Crippen LogP contribution in [0.2, 0.25) is 0 Å². The molecule has 2 N–H and O–H groups in total. The Labute approximate surface area is 82.5 Å². The lowest BCUT2D eigenvalue weighted by atomic mass is 10.2. The Morgan fingerprint density at radius 1 is 1.77 bits per heavy atom. The molecule has 0 fully saturated rings. The van der Waals surface area contributed by atoms with E-state index in [-0.39, 0.29) is 6.17 Å². The van der Waals surface area contributed by atoms with Gasteiger partial charge >= 0.3 is 0 Å². The minimum absolute atomic E-state index is 0.186. The van der Waals surface area contributed by atoms with Crippen LogP contribution in [-0.2, 0) is 0 Å². The van der Waals surface area contributed by atoms with Crippen LogP contribution < -0.4 is 5.73 Å². The molecule has 0 aromatic rings. The maximum atomic E-state index is 5.44. The summed E-state index contributed by atoms with van der Waals surface area (Å²) in [4.78, 5) is 8.15. The molecule has 3 nitrogen and oxygen atoms in total. The molecule has 0 aromatic carbocycles. The molecule has 0 spiro atoms. The summed E-state index contributed by atoms with van der Waals surface area (Å²) in [6, 6.07) is 0. The van der Waals surface area contributed by atoms with Gasteiger partial charge in [-0.3, -0.25) is 4.99 Å². The lowest BCUT2D eigenvalue weighted by molar-refractivity contribution is 0.795. The van der Waals surface area contributed by atoms with E-state index in [0.717, 1.165) is 17.0 Å². The van der Waals surface area contributed by atoms with Gasteiger partial charge in [-0.25, -0.2) is 4.99 Å². The van der Waals surface area contributed by atoms with Gasteiger partial charge in [0.15, 0.2) is 0 Å². The van der Waals surface area contributed by atoms with E-state index in [2.05, 4.69) is 16.6 Å². The zero-order valence-electron chi connectivity index (χ0n) is 7.60. The van der Waals surface area contributed by atoms with E-state index in [4.69, 9.17) is 5.73 Å². The molecule has 0 saturated carbocycles. The van der Waals surface area contributed by atoms with Crippen molar-refractivity contribution < 1.29 is 0 Å². The topological polar surface area (TPSA) is 50.7 Å². The van der Waals surface area contributed by atoms with E-state index >= 15 is 0 Å². The summed E-state index contributed by atoms with van der Waals surface area (Å²) in [5.74, 6) is 0.895. The van der Waals surface area contributed by atoms with Gasteiger partial charge in [0.1, 0.15) is 6.34 Å². The van der Waals surface area contributed by atoms with Gasteiger partial charge in [0.25, 0.3) is 0 Å². The Kier molecular flexibility index (Phi) is 3.92. The molecule has 70 valence electrons. The molecule has 1 atom stereocenters. The third-order valence-electron chi connectivity index (χ3n) is 1.50. The van der Waals surface area contributed by atoms with Crippen LogP contribution in [0.5, 0.6) is 0 Å². The Morgan fingerprint density at radius 2 is 2.54 bits per heavy atom. The summed E-state index contributed by atoms with van der Waals surface area (Å²) < 4.78 is 0. The molecule has 1 heterocycles. The summed E-state index contributed by atoms with van der Waals surface area (Å²) in [6.45, 7) is 5.51. The zero-order chi connectivity index (χ0) is 9.68. The zero-order valence-corrected chi connectivity index (χ0v) is 8.42. The van der Waals surface area contributed by atoms with Gasteiger partial charge < -0.3 is 5.73 Å². The van der Waals surface area contributed by atoms with Crippen LogP contribution in [-0.4, -0.2) is 24.0 Å². The van der Waals surface area contributed by atoms with E-state index in [1.54, 1.807) is 17.8 Å². The van der Waals surface area contributed by atoms with Gasteiger partial charge in [0, 0.05) is 11.3 Å². The highest BCUT2D eigenvalue weighted by molar-refractivity contribution is 8.03. The fraction of sp³-hybridized carbons (Fsp3) is 0.333. The molecule has 13 heavy (non-hydrogen) atoms. The van der Waals surface area contributed by atoms with Crippen LogP contribution in [0.3, 0.4) is 0 Å². The molecule has 0 radical (unpaired) electrons. The SMILES string of the molecule is C=CC1=CSC/C1=N\C=N/C(C)N. The number of allylic oxidation sites excluding steroid dienone is 2. The van der Waals surface area contributed by atoms with Gasteiger partial charge in [-0.15, -0.1) is 11.8 Å². The van der Waals surface area contributed by atoms with Gasteiger partial charge in [0.05, 0.1) is 11.9 Å². The van der Waals surface area contributed by atoms with Crippen molar-refractivity contribution in [2.45, 2.75) is 13.1 Å². The van der Waals surface area contributed by atoms with Crippen LogP contribution in [0.1, 0.15) is 6.92 Å². The third kappa shape index (κ3) is 3.16. The summed E-state index contributed by atoms with van der Waals surface area (Å²) in [5.41, 5.74) is 7.54. The van der Waals surface area contributed by atoms with E-state index in [9.17, 15) is 0 Å². The smallest absolute Gasteiger partial charge is 0.112 e. The van der Waals surface area contributed by atoms with Crippen molar-refractivity contribution >= 4 is 23.8 Å². The summed E-state index contributed by atoms with van der Waals surface area (Å²) in [5, 5.41) is 2.05. The Bertz CT molecular complexity index is 277. The number of hydrogen-bond donors (Lipinski definition) is 1. The number of aliphatic imine (C=N–C) groups is 2. The molecular formula is C9H13N3S. The van der Waals surface area contributed by atoms with Crippen molar-refractivity contribution in [1.29, 1.82) is 0 Å². The van der Waals surface area contributed by atoms with Crippen molar-refractivity contribution in [3.8, 4) is 0 Å². The first-order valence-corrected chi connectivity index (χ1v) is 5.07. The van der Waals surface area contributed by atoms with Crippen LogP contribution >= 0.6 is 11.8 Å². The third-order valence-corrected chi connectivity index (χ3v) is 2.36. The average Bonchev–Trinajstić information content (AvgIpc) is 2.51. The highest BCUT2D eigenvalue weighted by Crippen LogP contribution is 2.20. The molecule has 0 saturated heterocycles. The maximum Gasteiger partial charge on any atom is 0.112 e. The van der Waals surface area contributed by atoms with Crippen LogP contribution in [0.4, 0.5) is 0 Å². The molecule has 1 aliphatic heterocycles. The summed E-state index contributed by atoms with van der Waals surface area (Å²) in [6.07, 6.45) is 3.14. The van der Waals surface area contributed by atoms with Crippen molar-refractivity contribution in [3.63, 3.8) is 0 Å². The van der Waals surface area contributed by atoms with Crippen LogP contribution in [0.25, 0.3) is 0 Å². The van der Waals surface area contributed by atoms with E-state index < -0.39 is 0 Å². The Hall–Kier alpha value is -0.870. The summed E-state index contributed by atoms with van der Waals surface area (Å²) >= 11 is 1.72. The second kappa shape index (κ2) is 4.99. The van der Waals surface area contributed by atoms with Gasteiger partial charge in [-0.1, -0.05) is 12.7 Å². The number of thioether (sulfide) groups is 1. The molecule has 1 rings (SSSR count). The normalized spacial score (nSPS) is 22.3. The van der Waals surface area contributed by atoms with Crippen molar-refractivity contribution in [3.05, 3.63) is 23.6 Å². The fourth-order valence-corrected chi connectivity index (χ4v) is 1.74. The molecule has 1 aliphatic rings. The van der Waals surface area contributed by atoms with Crippen LogP contribution in [0.15, 0.2) is 33.6 Å². The molecule has 0 amide bonds. The highest BCUT2D eigenvalue weighted by Gasteiger charge is 2.09. The first-order valence-electron chi connectivity index (χ1n) is 4.02. The molecule has 4 heteroatoms. The van der Waals surface area contributed by atoms with Gasteiger partial charge in [-0.05, 0) is 12.3 Å². The average molecular weight is 195 g/mol. The fourth-order valence-electron chi connectivity index (χ4n) is 0.848. The summed E-state index contributed by atoms with van der Waals surface area (Å²) in [7, 11) is 0. The number of hydrogen-bond acceptors (Lipinski definition) is 3. The quantitative estimate of drug-likeness (QED) is 0.549. The standard InChI is InChI=1S/C9H13N3S/c1-3-8-4-13-5-9(8)12-6-11-7(2)10/h3-4,6-7H,1,5,10H2,2H3/b11-6-,12-9+. The lowest BCUT2D eigenvalue weighted by Gasteiger charge is -1.95. The van der Waals surface area contributed by atoms with Crippen molar-refractivity contribution in [1.82, 2.24) is 0 Å². The molecule has 0 aliphatic carbocycles. The number of nitrogens with zero attached hydrogens (tertiary/aromatic N) is 2. The first-order chi connectivity index (χ1) is 6.24. The van der Waals surface area contributed by atoms with E-state index in [1.165, 1.54) is 6.34 Å². The number of rotatable bonds is 3. The first kappa shape index (κ1) is 10.2. The van der Waals surface area contributed by atoms with E-state index in [0.29, 0.717) is 0 Å².